The Bertz CT molecular complexity index is 479. The van der Waals surface area contributed by atoms with Gasteiger partial charge in [-0.1, -0.05) is 29.8 Å². The molecule has 0 aliphatic heterocycles. The predicted octanol–water partition coefficient (Wildman–Crippen LogP) is 3.30. The molecule has 0 radical (unpaired) electrons. The van der Waals surface area contributed by atoms with Crippen molar-refractivity contribution in [2.45, 2.75) is 39.3 Å². The average Bonchev–Trinajstić information content (AvgIpc) is 2.32. The number of hydrogen-bond acceptors (Lipinski definition) is 2. The zero-order valence-corrected chi connectivity index (χ0v) is 13.4. The Morgan fingerprint density at radius 3 is 2.63 bits per heavy atom. The molecular weight excluding hydrogens is 306 g/mol. The molecule has 0 heterocycles. The van der Waals surface area contributed by atoms with E-state index in [0.717, 1.165) is 16.5 Å². The highest BCUT2D eigenvalue weighted by molar-refractivity contribution is 9.10. The Hall–Kier alpha value is -0.870. The lowest BCUT2D eigenvalue weighted by Gasteiger charge is -2.51. The Labute approximate surface area is 122 Å². The molecule has 2 atom stereocenters. The van der Waals surface area contributed by atoms with Crippen LogP contribution in [0.4, 0.5) is 0 Å². The van der Waals surface area contributed by atoms with Crippen LogP contribution in [0, 0.1) is 12.3 Å². The molecule has 1 fully saturated rings. The Morgan fingerprint density at radius 2 is 2.11 bits per heavy atom. The Morgan fingerprint density at radius 1 is 1.42 bits per heavy atom. The molecule has 2 unspecified atom stereocenters. The minimum absolute atomic E-state index is 0.00847. The second-order valence-corrected chi connectivity index (χ2v) is 6.74. The first-order valence-electron chi connectivity index (χ1n) is 6.45. The number of rotatable bonds is 3. The van der Waals surface area contributed by atoms with Gasteiger partial charge in [-0.3, -0.25) is 4.79 Å². The third kappa shape index (κ3) is 2.84. The van der Waals surface area contributed by atoms with Gasteiger partial charge in [0.1, 0.15) is 0 Å². The van der Waals surface area contributed by atoms with Crippen LogP contribution in [0.2, 0.25) is 0 Å². The minimum Gasteiger partial charge on any atom is -0.381 e. The van der Waals surface area contributed by atoms with Gasteiger partial charge in [0.2, 0.25) is 0 Å². The van der Waals surface area contributed by atoms with E-state index in [4.69, 9.17) is 4.74 Å². The molecule has 104 valence electrons. The van der Waals surface area contributed by atoms with E-state index >= 15 is 0 Å². The Balaban J connectivity index is 2.06. The van der Waals surface area contributed by atoms with Crippen LogP contribution in [0.5, 0.6) is 0 Å². The molecule has 1 N–H and O–H groups in total. The lowest BCUT2D eigenvalue weighted by Crippen LogP contribution is -2.61. The quantitative estimate of drug-likeness (QED) is 0.925. The molecule has 19 heavy (non-hydrogen) atoms. The largest absolute Gasteiger partial charge is 0.381 e. The van der Waals surface area contributed by atoms with E-state index in [-0.39, 0.29) is 23.5 Å². The summed E-state index contributed by atoms with van der Waals surface area (Å²) < 4.78 is 6.33. The van der Waals surface area contributed by atoms with Crippen molar-refractivity contribution in [2.75, 3.05) is 7.11 Å². The molecule has 0 aromatic heterocycles. The molecule has 1 aromatic rings. The van der Waals surface area contributed by atoms with E-state index in [1.165, 1.54) is 0 Å². The van der Waals surface area contributed by atoms with Crippen LogP contribution < -0.4 is 5.32 Å². The van der Waals surface area contributed by atoms with Gasteiger partial charge in [-0.15, -0.1) is 0 Å². The maximum absolute atomic E-state index is 12.3. The van der Waals surface area contributed by atoms with Gasteiger partial charge < -0.3 is 10.1 Å². The molecule has 1 saturated carbocycles. The van der Waals surface area contributed by atoms with Crippen LogP contribution >= 0.6 is 15.9 Å². The van der Waals surface area contributed by atoms with E-state index in [1.54, 1.807) is 7.11 Å². The molecule has 1 amide bonds. The van der Waals surface area contributed by atoms with Crippen LogP contribution in [0.1, 0.15) is 36.2 Å². The SMILES string of the molecule is COC1CC(NC(=O)c2cc(C)cc(Br)c2)C1(C)C. The number of carbonyl (C=O) groups excluding carboxylic acids is 1. The van der Waals surface area contributed by atoms with Crippen LogP contribution in [0.3, 0.4) is 0 Å². The van der Waals surface area contributed by atoms with Crippen molar-refractivity contribution in [3.63, 3.8) is 0 Å². The molecule has 0 spiro atoms. The van der Waals surface area contributed by atoms with Crippen molar-refractivity contribution in [1.82, 2.24) is 5.32 Å². The third-order valence-electron chi connectivity index (χ3n) is 4.07. The lowest BCUT2D eigenvalue weighted by molar-refractivity contribution is -0.0942. The summed E-state index contributed by atoms with van der Waals surface area (Å²) >= 11 is 3.42. The van der Waals surface area contributed by atoms with Crippen molar-refractivity contribution < 1.29 is 9.53 Å². The highest BCUT2D eigenvalue weighted by Crippen LogP contribution is 2.42. The predicted molar refractivity (Wildman–Crippen MR) is 79.3 cm³/mol. The fourth-order valence-electron chi connectivity index (χ4n) is 2.64. The summed E-state index contributed by atoms with van der Waals surface area (Å²) in [5.74, 6) is -0.0166. The molecule has 0 bridgehead atoms. The van der Waals surface area contributed by atoms with E-state index in [9.17, 15) is 4.79 Å². The second-order valence-electron chi connectivity index (χ2n) is 5.82. The number of halogens is 1. The lowest BCUT2D eigenvalue weighted by atomic mass is 9.64. The summed E-state index contributed by atoms with van der Waals surface area (Å²) in [7, 11) is 1.72. The molecule has 1 aliphatic carbocycles. The number of hydrogen-bond donors (Lipinski definition) is 1. The van der Waals surface area contributed by atoms with Crippen molar-refractivity contribution in [3.8, 4) is 0 Å². The van der Waals surface area contributed by atoms with Gasteiger partial charge in [-0.2, -0.15) is 0 Å². The number of nitrogens with one attached hydrogen (secondary N) is 1. The standard InChI is InChI=1S/C15H20BrNO2/c1-9-5-10(7-11(16)6-9)14(18)17-12-8-13(19-4)15(12,2)3/h5-7,12-13H,8H2,1-4H3,(H,17,18). The van der Waals surface area contributed by atoms with Crippen molar-refractivity contribution in [2.24, 2.45) is 5.41 Å². The van der Waals surface area contributed by atoms with E-state index in [0.29, 0.717) is 5.56 Å². The summed E-state index contributed by atoms with van der Waals surface area (Å²) in [4.78, 5) is 12.3. The maximum atomic E-state index is 12.3. The summed E-state index contributed by atoms with van der Waals surface area (Å²) in [6.07, 6.45) is 1.10. The summed E-state index contributed by atoms with van der Waals surface area (Å²) in [5.41, 5.74) is 1.76. The molecule has 2 rings (SSSR count). The monoisotopic (exact) mass is 325 g/mol. The average molecular weight is 326 g/mol. The summed E-state index contributed by atoms with van der Waals surface area (Å²) in [6, 6.07) is 5.91. The van der Waals surface area contributed by atoms with Crippen LogP contribution in [0.15, 0.2) is 22.7 Å². The van der Waals surface area contributed by atoms with Gasteiger partial charge in [0.15, 0.2) is 0 Å². The topological polar surface area (TPSA) is 38.3 Å². The normalized spacial score (nSPS) is 24.7. The van der Waals surface area contributed by atoms with Gasteiger partial charge in [0, 0.05) is 28.6 Å². The van der Waals surface area contributed by atoms with Crippen LogP contribution in [0.25, 0.3) is 0 Å². The maximum Gasteiger partial charge on any atom is 0.251 e. The number of amides is 1. The second kappa shape index (κ2) is 5.25. The minimum atomic E-state index is -0.0166. The van der Waals surface area contributed by atoms with Crippen LogP contribution in [-0.4, -0.2) is 25.2 Å². The van der Waals surface area contributed by atoms with Crippen molar-refractivity contribution >= 4 is 21.8 Å². The fourth-order valence-corrected chi connectivity index (χ4v) is 3.25. The van der Waals surface area contributed by atoms with E-state index in [2.05, 4.69) is 35.1 Å². The fraction of sp³-hybridized carbons (Fsp3) is 0.533. The Kier molecular flexibility index (Phi) is 4.02. The zero-order chi connectivity index (χ0) is 14.2. The zero-order valence-electron chi connectivity index (χ0n) is 11.8. The van der Waals surface area contributed by atoms with Crippen molar-refractivity contribution in [3.05, 3.63) is 33.8 Å². The van der Waals surface area contributed by atoms with Gasteiger partial charge in [0.25, 0.3) is 5.91 Å². The number of benzene rings is 1. The first kappa shape index (κ1) is 14.5. The first-order valence-corrected chi connectivity index (χ1v) is 7.24. The number of carbonyl (C=O) groups is 1. The van der Waals surface area contributed by atoms with E-state index < -0.39 is 0 Å². The van der Waals surface area contributed by atoms with Gasteiger partial charge in [-0.25, -0.2) is 0 Å². The molecule has 3 nitrogen and oxygen atoms in total. The molecule has 1 aliphatic rings. The molecular formula is C15H20BrNO2. The van der Waals surface area contributed by atoms with Gasteiger partial charge >= 0.3 is 0 Å². The number of ether oxygens (including phenoxy) is 1. The smallest absolute Gasteiger partial charge is 0.251 e. The molecule has 4 heteroatoms. The van der Waals surface area contributed by atoms with Crippen LogP contribution in [-0.2, 0) is 4.74 Å². The third-order valence-corrected chi connectivity index (χ3v) is 4.53. The van der Waals surface area contributed by atoms with Gasteiger partial charge in [0.05, 0.1) is 6.10 Å². The highest BCUT2D eigenvalue weighted by Gasteiger charge is 2.49. The number of methoxy groups -OCH3 is 1. The van der Waals surface area contributed by atoms with E-state index in [1.807, 2.05) is 25.1 Å². The molecule has 0 saturated heterocycles. The summed E-state index contributed by atoms with van der Waals surface area (Å²) in [5, 5.41) is 3.10. The highest BCUT2D eigenvalue weighted by atomic mass is 79.9. The first-order chi connectivity index (χ1) is 8.84. The van der Waals surface area contributed by atoms with Crippen molar-refractivity contribution in [1.29, 1.82) is 0 Å². The summed E-state index contributed by atoms with van der Waals surface area (Å²) in [6.45, 7) is 6.24. The number of aryl methyl sites for hydroxylation is 1. The molecule has 1 aromatic carbocycles. The van der Waals surface area contributed by atoms with Gasteiger partial charge in [-0.05, 0) is 37.1 Å².